The second-order valence-electron chi connectivity index (χ2n) is 10.9. The zero-order valence-corrected chi connectivity index (χ0v) is 25.6. The molecule has 8 nitrogen and oxygen atoms in total. The Labute approximate surface area is 259 Å². The number of hydrogen-bond acceptors (Lipinski definition) is 7. The van der Waals surface area contributed by atoms with Gasteiger partial charge in [0, 0.05) is 30.1 Å². The number of alkyl halides is 3. The number of halogens is 4. The number of hydrogen-bond donors (Lipinski definition) is 1. The number of nitrogens with one attached hydrogen (secondary N) is 1. The van der Waals surface area contributed by atoms with Gasteiger partial charge in [-0.05, 0) is 74.7 Å². The van der Waals surface area contributed by atoms with E-state index in [0.717, 1.165) is 62.3 Å². The van der Waals surface area contributed by atoms with Gasteiger partial charge in [0.05, 0.1) is 35.4 Å². The van der Waals surface area contributed by atoms with Crippen LogP contribution >= 0.6 is 0 Å². The molecule has 0 spiro atoms. The molecule has 4 aromatic rings. The molecule has 1 aliphatic heterocycles. The second kappa shape index (κ2) is 13.5. The van der Waals surface area contributed by atoms with Gasteiger partial charge in [0.25, 0.3) is 10.0 Å². The predicted octanol–water partition coefficient (Wildman–Crippen LogP) is 7.50. The highest BCUT2D eigenvalue weighted by molar-refractivity contribution is 7.92. The monoisotopic (exact) mass is 647 g/mol. The van der Waals surface area contributed by atoms with E-state index in [-0.39, 0.29) is 17.3 Å². The van der Waals surface area contributed by atoms with Gasteiger partial charge < -0.3 is 19.1 Å². The number of sulfonamides is 1. The van der Waals surface area contributed by atoms with Crippen molar-refractivity contribution in [2.24, 2.45) is 5.92 Å². The summed E-state index contributed by atoms with van der Waals surface area (Å²) < 4.78 is 100.0. The molecular weight excluding hydrogens is 614 g/mol. The van der Waals surface area contributed by atoms with Crippen molar-refractivity contribution in [1.82, 2.24) is 9.88 Å². The van der Waals surface area contributed by atoms with E-state index >= 15 is 0 Å². The predicted molar refractivity (Wildman–Crippen MR) is 162 cm³/mol. The summed E-state index contributed by atoms with van der Waals surface area (Å²) in [4.78, 5) is 5.92. The molecule has 0 unspecified atom stereocenters. The van der Waals surface area contributed by atoms with Crippen molar-refractivity contribution in [3.63, 3.8) is 0 Å². The molecule has 1 aliphatic rings. The summed E-state index contributed by atoms with van der Waals surface area (Å²) in [5.41, 5.74) is -1.05. The summed E-state index contributed by atoms with van der Waals surface area (Å²) in [5, 5.41) is 0.708. The molecule has 1 fully saturated rings. The van der Waals surface area contributed by atoms with E-state index in [1.807, 2.05) is 0 Å². The number of anilines is 1. The zero-order valence-electron chi connectivity index (χ0n) is 24.7. The number of benzene rings is 3. The van der Waals surface area contributed by atoms with Gasteiger partial charge in [-0.3, -0.25) is 4.72 Å². The van der Waals surface area contributed by atoms with Gasteiger partial charge in [0.2, 0.25) is 5.88 Å². The Kier molecular flexibility index (Phi) is 9.68. The third kappa shape index (κ3) is 7.95. The molecule has 0 bridgehead atoms. The number of piperidine rings is 1. The van der Waals surface area contributed by atoms with Crippen LogP contribution in [0.2, 0.25) is 0 Å². The van der Waals surface area contributed by atoms with Crippen molar-refractivity contribution in [3.8, 4) is 23.1 Å². The molecule has 5 rings (SSSR count). The number of pyridine rings is 1. The number of aromatic nitrogens is 1. The van der Waals surface area contributed by atoms with Crippen molar-refractivity contribution in [3.05, 3.63) is 78.1 Å². The molecule has 0 amide bonds. The van der Waals surface area contributed by atoms with Crippen LogP contribution in [0.15, 0.2) is 71.6 Å². The Hall–Kier alpha value is -4.10. The van der Waals surface area contributed by atoms with Gasteiger partial charge >= 0.3 is 6.18 Å². The van der Waals surface area contributed by atoms with Gasteiger partial charge in [-0.2, -0.15) is 13.2 Å². The molecule has 0 saturated carbocycles. The van der Waals surface area contributed by atoms with Gasteiger partial charge in [0.1, 0.15) is 0 Å². The number of likely N-dealkylation sites (tertiary alicyclic amines) is 1. The Balaban J connectivity index is 1.31. The van der Waals surface area contributed by atoms with Crippen LogP contribution in [0.1, 0.15) is 31.7 Å². The number of nitrogens with zero attached hydrogens (tertiary/aromatic N) is 2. The van der Waals surface area contributed by atoms with E-state index in [4.69, 9.17) is 14.2 Å². The van der Waals surface area contributed by atoms with E-state index in [9.17, 15) is 26.0 Å². The fourth-order valence-corrected chi connectivity index (χ4v) is 6.38. The smallest absolute Gasteiger partial charge is 0.417 e. The molecule has 13 heteroatoms. The first-order valence-electron chi connectivity index (χ1n) is 14.4. The first kappa shape index (κ1) is 32.3. The lowest BCUT2D eigenvalue weighted by Gasteiger charge is -2.30. The number of ether oxygens (including phenoxy) is 3. The highest BCUT2D eigenvalue weighted by atomic mass is 32.2. The van der Waals surface area contributed by atoms with Crippen molar-refractivity contribution in [2.75, 3.05) is 38.1 Å². The van der Waals surface area contributed by atoms with Crippen molar-refractivity contribution < 1.29 is 40.2 Å². The highest BCUT2D eigenvalue weighted by Crippen LogP contribution is 2.36. The maximum atomic E-state index is 14.7. The van der Waals surface area contributed by atoms with Crippen molar-refractivity contribution in [2.45, 2.75) is 37.3 Å². The lowest BCUT2D eigenvalue weighted by atomic mass is 9.99. The van der Waals surface area contributed by atoms with Gasteiger partial charge in [-0.15, -0.1) is 0 Å². The molecule has 2 heterocycles. The van der Waals surface area contributed by atoms with Crippen LogP contribution < -0.4 is 18.9 Å². The second-order valence-corrected chi connectivity index (χ2v) is 12.6. The Bertz CT molecular complexity index is 1760. The lowest BCUT2D eigenvalue weighted by molar-refractivity contribution is -0.139. The van der Waals surface area contributed by atoms with Gasteiger partial charge in [-0.1, -0.05) is 19.1 Å². The van der Waals surface area contributed by atoms with E-state index in [0.29, 0.717) is 35.1 Å². The largest absolute Gasteiger partial charge is 0.493 e. The van der Waals surface area contributed by atoms with Crippen molar-refractivity contribution in [1.29, 1.82) is 0 Å². The fraction of sp³-hybridized carbons (Fsp3) is 0.344. The third-order valence-electron chi connectivity index (χ3n) is 7.58. The highest BCUT2D eigenvalue weighted by Gasteiger charge is 2.37. The number of rotatable bonds is 11. The van der Waals surface area contributed by atoms with E-state index in [1.165, 1.54) is 25.0 Å². The first-order chi connectivity index (χ1) is 21.4. The summed E-state index contributed by atoms with van der Waals surface area (Å²) in [6.45, 7) is 5.88. The van der Waals surface area contributed by atoms with Crippen LogP contribution in [0.5, 0.6) is 23.1 Å². The summed E-state index contributed by atoms with van der Waals surface area (Å²) in [5.74, 6) is 0.565. The zero-order chi connectivity index (χ0) is 32.2. The minimum atomic E-state index is -4.90. The lowest BCUT2D eigenvalue weighted by Crippen LogP contribution is -2.34. The average molecular weight is 648 g/mol. The minimum absolute atomic E-state index is 0.000678. The quantitative estimate of drug-likeness (QED) is 0.133. The van der Waals surface area contributed by atoms with E-state index in [1.54, 1.807) is 25.3 Å². The van der Waals surface area contributed by atoms with Crippen LogP contribution in [0.25, 0.3) is 10.9 Å². The maximum Gasteiger partial charge on any atom is 0.417 e. The molecule has 0 atom stereocenters. The Morgan fingerprint density at radius 1 is 0.978 bits per heavy atom. The molecule has 0 radical (unpaired) electrons. The molecule has 1 aromatic heterocycles. The Morgan fingerprint density at radius 3 is 2.47 bits per heavy atom. The minimum Gasteiger partial charge on any atom is -0.493 e. The van der Waals surface area contributed by atoms with Crippen LogP contribution in [-0.2, 0) is 16.2 Å². The maximum absolute atomic E-state index is 14.7. The third-order valence-corrected chi connectivity index (χ3v) is 9.02. The first-order valence-corrected chi connectivity index (χ1v) is 15.9. The summed E-state index contributed by atoms with van der Waals surface area (Å²) >= 11 is 0. The molecule has 3 aromatic carbocycles. The van der Waals surface area contributed by atoms with Crippen LogP contribution in [0.3, 0.4) is 0 Å². The van der Waals surface area contributed by atoms with E-state index < -0.39 is 32.5 Å². The van der Waals surface area contributed by atoms with Crippen LogP contribution in [0, 0.1) is 11.7 Å². The van der Waals surface area contributed by atoms with Crippen molar-refractivity contribution >= 4 is 26.6 Å². The molecular formula is C32H33F4N3O5S. The standard InChI is InChI=1S/C32H33F4N3O5S/c1-21-12-15-39(16-13-21)14-5-17-43-29-20-26-22(18-28(29)42-2)8-11-31(37-26)44-27-19-23(9-10-25(27)33)38-45(40,41)30-7-4-3-6-24(30)32(34,35)36/h3-4,6-11,18-21,38H,5,12-17H2,1-2H3. The number of fused-ring (bicyclic) bond motifs is 1. The average Bonchev–Trinajstić information content (AvgIpc) is 3.01. The molecule has 1 saturated heterocycles. The Morgan fingerprint density at radius 2 is 1.73 bits per heavy atom. The summed E-state index contributed by atoms with van der Waals surface area (Å²) in [7, 11) is -3.14. The summed E-state index contributed by atoms with van der Waals surface area (Å²) in [6, 6.07) is 13.5. The summed E-state index contributed by atoms with van der Waals surface area (Å²) in [6.07, 6.45) is -1.65. The van der Waals surface area contributed by atoms with Gasteiger partial charge in [-0.25, -0.2) is 17.8 Å². The van der Waals surface area contributed by atoms with Crippen LogP contribution in [-0.4, -0.2) is 51.7 Å². The molecule has 1 N–H and O–H groups in total. The number of methoxy groups -OCH3 is 1. The SMILES string of the molecule is COc1cc2ccc(Oc3cc(NS(=O)(=O)c4ccccc4C(F)(F)F)ccc3F)nc2cc1OCCCN1CCC(C)CC1. The molecule has 45 heavy (non-hydrogen) atoms. The fourth-order valence-electron chi connectivity index (χ4n) is 5.10. The molecule has 240 valence electrons. The van der Waals surface area contributed by atoms with Crippen LogP contribution in [0.4, 0.5) is 23.2 Å². The van der Waals surface area contributed by atoms with Gasteiger partial charge in [0.15, 0.2) is 23.1 Å². The topological polar surface area (TPSA) is 90.0 Å². The van der Waals surface area contributed by atoms with E-state index in [2.05, 4.69) is 21.5 Å². The molecule has 0 aliphatic carbocycles. The normalized spacial score (nSPS) is 14.8.